The maximum atomic E-state index is 9.27. The van der Waals surface area contributed by atoms with Crippen molar-refractivity contribution in [1.29, 1.82) is 5.26 Å². The van der Waals surface area contributed by atoms with Crippen LogP contribution in [0.4, 0.5) is 5.69 Å². The average Bonchev–Trinajstić information content (AvgIpc) is 2.47. The van der Waals surface area contributed by atoms with Crippen LogP contribution in [0.15, 0.2) is 54.6 Å². The maximum absolute atomic E-state index is 9.27. The third kappa shape index (κ3) is 3.49. The molecule has 2 aromatic carbocycles. The van der Waals surface area contributed by atoms with Gasteiger partial charge < -0.3 is 10.1 Å². The highest BCUT2D eigenvalue weighted by Crippen LogP contribution is 2.21. The molecule has 0 aromatic heterocycles. The first kappa shape index (κ1) is 13.0. The first-order valence-corrected chi connectivity index (χ1v) is 6.27. The summed E-state index contributed by atoms with van der Waals surface area (Å²) in [6.45, 7) is 2.59. The van der Waals surface area contributed by atoms with Crippen LogP contribution in [0.2, 0.25) is 0 Å². The predicted octanol–water partition coefficient (Wildman–Crippen LogP) is 3.76. The zero-order chi connectivity index (χ0) is 13.5. The molecule has 1 N–H and O–H groups in total. The molecule has 0 radical (unpaired) electrons. The summed E-state index contributed by atoms with van der Waals surface area (Å²) in [5, 5.41) is 12.5. The van der Waals surface area contributed by atoms with Crippen molar-refractivity contribution in [3.63, 3.8) is 0 Å². The number of nitriles is 1. The van der Waals surface area contributed by atoms with E-state index >= 15 is 0 Å². The lowest BCUT2D eigenvalue weighted by molar-refractivity contribution is 0.340. The van der Waals surface area contributed by atoms with Gasteiger partial charge in [-0.15, -0.1) is 0 Å². The van der Waals surface area contributed by atoms with E-state index in [1.807, 2.05) is 61.5 Å². The zero-order valence-corrected chi connectivity index (χ0v) is 10.8. The summed E-state index contributed by atoms with van der Waals surface area (Å²) in [6, 6.07) is 19.2. The van der Waals surface area contributed by atoms with E-state index < -0.39 is 0 Å². The Morgan fingerprint density at radius 3 is 2.37 bits per heavy atom. The van der Waals surface area contributed by atoms with Crippen molar-refractivity contribution < 1.29 is 4.74 Å². The molecule has 0 heterocycles. The Morgan fingerprint density at radius 1 is 1.11 bits per heavy atom. The van der Waals surface area contributed by atoms with Gasteiger partial charge in [0.05, 0.1) is 12.7 Å². The third-order valence-electron chi connectivity index (χ3n) is 2.74. The fourth-order valence-corrected chi connectivity index (χ4v) is 1.81. The lowest BCUT2D eigenvalue weighted by atomic mass is 10.1. The second-order valence-electron chi connectivity index (χ2n) is 4.07. The van der Waals surface area contributed by atoms with Gasteiger partial charge in [-0.2, -0.15) is 5.26 Å². The monoisotopic (exact) mass is 252 g/mol. The van der Waals surface area contributed by atoms with Crippen LogP contribution in [0.5, 0.6) is 5.75 Å². The van der Waals surface area contributed by atoms with Crippen molar-refractivity contribution in [3.05, 3.63) is 60.2 Å². The van der Waals surface area contributed by atoms with Gasteiger partial charge in [-0.1, -0.05) is 30.3 Å². The minimum absolute atomic E-state index is 0.363. The number of ether oxygens (including phenoxy) is 1. The highest BCUT2D eigenvalue weighted by molar-refractivity contribution is 5.47. The first-order chi connectivity index (χ1) is 9.33. The number of benzene rings is 2. The molecular weight excluding hydrogens is 236 g/mol. The topological polar surface area (TPSA) is 45.0 Å². The van der Waals surface area contributed by atoms with Gasteiger partial charge in [0.2, 0.25) is 0 Å². The SMILES string of the molecule is CCOc1ccc(C(C#N)Nc2ccccc2)cc1. The van der Waals surface area contributed by atoms with Gasteiger partial charge in [0.25, 0.3) is 0 Å². The van der Waals surface area contributed by atoms with Crippen LogP contribution < -0.4 is 10.1 Å². The first-order valence-electron chi connectivity index (χ1n) is 6.27. The summed E-state index contributed by atoms with van der Waals surface area (Å²) < 4.78 is 5.39. The van der Waals surface area contributed by atoms with Gasteiger partial charge in [0.15, 0.2) is 0 Å². The van der Waals surface area contributed by atoms with Crippen LogP contribution in [0.1, 0.15) is 18.5 Å². The van der Waals surface area contributed by atoms with E-state index in [-0.39, 0.29) is 6.04 Å². The van der Waals surface area contributed by atoms with Crippen LogP contribution in [-0.2, 0) is 0 Å². The number of para-hydroxylation sites is 1. The lowest BCUT2D eigenvalue weighted by Gasteiger charge is -2.13. The Balaban J connectivity index is 2.12. The van der Waals surface area contributed by atoms with Crippen molar-refractivity contribution in [3.8, 4) is 11.8 Å². The molecule has 0 saturated heterocycles. The minimum Gasteiger partial charge on any atom is -0.494 e. The van der Waals surface area contributed by atoms with E-state index in [1.54, 1.807) is 0 Å². The molecule has 96 valence electrons. The third-order valence-corrected chi connectivity index (χ3v) is 2.74. The zero-order valence-electron chi connectivity index (χ0n) is 10.8. The highest BCUT2D eigenvalue weighted by atomic mass is 16.5. The molecule has 2 aromatic rings. The van der Waals surface area contributed by atoms with E-state index in [1.165, 1.54) is 0 Å². The standard InChI is InChI=1S/C16H16N2O/c1-2-19-15-10-8-13(9-11-15)16(12-17)18-14-6-4-3-5-7-14/h3-11,16,18H,2H2,1H3. The summed E-state index contributed by atoms with van der Waals surface area (Å²) in [5.41, 5.74) is 1.86. The van der Waals surface area contributed by atoms with Crippen LogP contribution in [-0.4, -0.2) is 6.61 Å². The van der Waals surface area contributed by atoms with Gasteiger partial charge >= 0.3 is 0 Å². The molecule has 0 amide bonds. The second-order valence-corrected chi connectivity index (χ2v) is 4.07. The van der Waals surface area contributed by atoms with Gasteiger partial charge in [0, 0.05) is 5.69 Å². The summed E-state index contributed by atoms with van der Waals surface area (Å²) in [4.78, 5) is 0. The van der Waals surface area contributed by atoms with Crippen molar-refractivity contribution in [2.24, 2.45) is 0 Å². The lowest BCUT2D eigenvalue weighted by Crippen LogP contribution is -2.08. The maximum Gasteiger partial charge on any atom is 0.140 e. The molecule has 2 rings (SSSR count). The Hall–Kier alpha value is -2.47. The van der Waals surface area contributed by atoms with Gasteiger partial charge in [-0.3, -0.25) is 0 Å². The van der Waals surface area contributed by atoms with Gasteiger partial charge in [0.1, 0.15) is 11.8 Å². The fraction of sp³-hybridized carbons (Fsp3) is 0.188. The van der Waals surface area contributed by atoms with E-state index in [9.17, 15) is 5.26 Å². The molecular formula is C16H16N2O. The highest BCUT2D eigenvalue weighted by Gasteiger charge is 2.09. The summed E-state index contributed by atoms with van der Waals surface area (Å²) >= 11 is 0. The molecule has 3 nitrogen and oxygen atoms in total. The number of hydrogen-bond donors (Lipinski definition) is 1. The van der Waals surface area contributed by atoms with Crippen molar-refractivity contribution >= 4 is 5.69 Å². The van der Waals surface area contributed by atoms with E-state index in [0.29, 0.717) is 6.61 Å². The minimum atomic E-state index is -0.363. The molecule has 1 atom stereocenters. The predicted molar refractivity (Wildman–Crippen MR) is 76.0 cm³/mol. The van der Waals surface area contributed by atoms with Crippen molar-refractivity contribution in [2.45, 2.75) is 13.0 Å². The molecule has 0 aliphatic heterocycles. The number of anilines is 1. The second kappa shape index (κ2) is 6.46. The number of rotatable bonds is 5. The van der Waals surface area contributed by atoms with Crippen LogP contribution in [0.25, 0.3) is 0 Å². The molecule has 0 bridgehead atoms. The number of nitrogens with zero attached hydrogens (tertiary/aromatic N) is 1. The quantitative estimate of drug-likeness (QED) is 0.881. The smallest absolute Gasteiger partial charge is 0.140 e. The molecule has 1 unspecified atom stereocenters. The molecule has 19 heavy (non-hydrogen) atoms. The number of nitrogens with one attached hydrogen (secondary N) is 1. The molecule has 0 saturated carbocycles. The molecule has 0 aliphatic carbocycles. The van der Waals surface area contributed by atoms with Gasteiger partial charge in [-0.25, -0.2) is 0 Å². The van der Waals surface area contributed by atoms with Crippen molar-refractivity contribution in [1.82, 2.24) is 0 Å². The molecule has 0 spiro atoms. The Bertz CT molecular complexity index is 543. The molecule has 0 aliphatic rings. The average molecular weight is 252 g/mol. The van der Waals surface area contributed by atoms with E-state index in [2.05, 4.69) is 11.4 Å². The van der Waals surface area contributed by atoms with Gasteiger partial charge in [-0.05, 0) is 36.8 Å². The molecule has 0 fully saturated rings. The van der Waals surface area contributed by atoms with Crippen molar-refractivity contribution in [2.75, 3.05) is 11.9 Å². The van der Waals surface area contributed by atoms with Crippen LogP contribution in [0.3, 0.4) is 0 Å². The van der Waals surface area contributed by atoms with Crippen LogP contribution >= 0.6 is 0 Å². The van der Waals surface area contributed by atoms with E-state index in [4.69, 9.17) is 4.74 Å². The summed E-state index contributed by atoms with van der Waals surface area (Å²) in [6.07, 6.45) is 0. The number of hydrogen-bond acceptors (Lipinski definition) is 3. The van der Waals surface area contributed by atoms with E-state index in [0.717, 1.165) is 17.0 Å². The summed E-state index contributed by atoms with van der Waals surface area (Å²) in [7, 11) is 0. The summed E-state index contributed by atoms with van der Waals surface area (Å²) in [5.74, 6) is 0.822. The molecule has 3 heteroatoms. The van der Waals surface area contributed by atoms with Crippen LogP contribution in [0, 0.1) is 11.3 Å². The Morgan fingerprint density at radius 2 is 1.79 bits per heavy atom. The largest absolute Gasteiger partial charge is 0.494 e. The Labute approximate surface area is 113 Å². The fourth-order valence-electron chi connectivity index (χ4n) is 1.81. The Kier molecular flexibility index (Phi) is 4.41. The normalized spacial score (nSPS) is 11.4.